The van der Waals surface area contributed by atoms with Crippen molar-refractivity contribution in [1.29, 1.82) is 0 Å². The number of amides is 4. The number of carbonyl (C=O) groups excluding carboxylic acids is 4. The third kappa shape index (κ3) is 4.72. The highest BCUT2D eigenvalue weighted by atomic mass is 35.5. The largest absolute Gasteiger partial charge is 0.507 e. The Labute approximate surface area is 318 Å². The number of aryl methyl sites for hydroxylation is 2. The van der Waals surface area contributed by atoms with Crippen molar-refractivity contribution in [3.63, 3.8) is 0 Å². The van der Waals surface area contributed by atoms with E-state index in [1.807, 2.05) is 56.3 Å². The van der Waals surface area contributed by atoms with Crippen LogP contribution in [0, 0.1) is 36.0 Å². The van der Waals surface area contributed by atoms with Crippen molar-refractivity contribution in [2.45, 2.75) is 39.0 Å². The Morgan fingerprint density at radius 3 is 2.50 bits per heavy atom. The maximum absolute atomic E-state index is 15.2. The van der Waals surface area contributed by atoms with E-state index in [2.05, 4.69) is 0 Å². The molecule has 2 N–H and O–H groups in total. The minimum Gasteiger partial charge on any atom is -0.507 e. The highest BCUT2D eigenvalue weighted by molar-refractivity contribution is 7.22. The summed E-state index contributed by atoms with van der Waals surface area (Å²) in [6.07, 6.45) is 2.00. The molecule has 2 saturated heterocycles. The van der Waals surface area contributed by atoms with Crippen molar-refractivity contribution >= 4 is 79.2 Å². The number of thiophene rings is 1. The second-order valence-corrected chi connectivity index (χ2v) is 16.5. The lowest BCUT2D eigenvalue weighted by Crippen LogP contribution is -2.49. The maximum atomic E-state index is 15.2. The molecular formula is C41H35ClN4O7S. The van der Waals surface area contributed by atoms with E-state index in [1.165, 1.54) is 4.90 Å². The minimum absolute atomic E-state index is 0.0726. The van der Waals surface area contributed by atoms with E-state index in [1.54, 1.807) is 47.3 Å². The number of hydrogen-bond acceptors (Lipinski definition) is 8. The zero-order valence-corrected chi connectivity index (χ0v) is 31.1. The van der Waals surface area contributed by atoms with Gasteiger partial charge in [-0.3, -0.25) is 33.6 Å². The molecule has 2 aliphatic heterocycles. The number of aromatic nitrogens is 2. The Kier molecular flexibility index (Phi) is 7.71. The van der Waals surface area contributed by atoms with Gasteiger partial charge in [0.1, 0.15) is 17.3 Å². The number of hydrogen-bond donors (Lipinski definition) is 2. The van der Waals surface area contributed by atoms with E-state index >= 15 is 4.79 Å². The van der Waals surface area contributed by atoms with Gasteiger partial charge in [-0.1, -0.05) is 53.6 Å². The summed E-state index contributed by atoms with van der Waals surface area (Å²) in [7, 11) is 1.70. The molecule has 6 atom stereocenters. The molecule has 0 radical (unpaired) electrons. The van der Waals surface area contributed by atoms with Gasteiger partial charge in [-0.25, -0.2) is 4.90 Å². The molecule has 4 aliphatic rings. The van der Waals surface area contributed by atoms with E-state index in [9.17, 15) is 29.4 Å². The lowest BCUT2D eigenvalue weighted by molar-refractivity contribution is -0.142. The van der Waals surface area contributed by atoms with E-state index in [4.69, 9.17) is 16.7 Å². The van der Waals surface area contributed by atoms with Crippen LogP contribution in [0.3, 0.4) is 0 Å². The van der Waals surface area contributed by atoms with E-state index in [0.29, 0.717) is 27.3 Å². The number of carboxylic acids is 1. The van der Waals surface area contributed by atoms with E-state index < -0.39 is 64.6 Å². The zero-order chi connectivity index (χ0) is 38.0. The van der Waals surface area contributed by atoms with Crippen LogP contribution in [0.2, 0.25) is 5.02 Å². The Morgan fingerprint density at radius 1 is 0.981 bits per heavy atom. The SMILES string of the molecule is Cc1c(-c2cc(N3C(=O)C4CC5C(=CCC6C(=O)N(CCC(=O)O)C(=O)C65)C(c5ccc(O)c6ccccc56)C4(C)C3=O)n(C)n2)sc2ccc(Cl)cc12. The predicted molar refractivity (Wildman–Crippen MR) is 203 cm³/mol. The molecule has 1 saturated carbocycles. The average molecular weight is 763 g/mol. The van der Waals surface area contributed by atoms with Gasteiger partial charge in [-0.2, -0.15) is 5.10 Å². The summed E-state index contributed by atoms with van der Waals surface area (Å²) in [4.78, 5) is 72.5. The minimum atomic E-state index is -1.31. The molecular weight excluding hydrogens is 728 g/mol. The van der Waals surface area contributed by atoms with Gasteiger partial charge in [0.25, 0.3) is 0 Å². The number of phenolic OH excluding ortho intramolecular Hbond substituents is 1. The Bertz CT molecular complexity index is 2560. The lowest BCUT2D eigenvalue weighted by atomic mass is 9.51. The molecule has 54 heavy (non-hydrogen) atoms. The normalized spacial score (nSPS) is 26.4. The molecule has 4 amide bonds. The first-order valence-corrected chi connectivity index (χ1v) is 19.1. The van der Waals surface area contributed by atoms with Crippen LogP contribution in [0.25, 0.3) is 31.4 Å². The third-order valence-corrected chi connectivity index (χ3v) is 13.9. The summed E-state index contributed by atoms with van der Waals surface area (Å²) in [5, 5.41) is 27.9. The molecule has 3 aromatic carbocycles. The van der Waals surface area contributed by atoms with Crippen LogP contribution >= 0.6 is 22.9 Å². The number of likely N-dealkylation sites (tertiary alicyclic amines) is 1. The van der Waals surface area contributed by atoms with Crippen LogP contribution in [0.15, 0.2) is 72.3 Å². The second-order valence-electron chi connectivity index (χ2n) is 15.1. The molecule has 11 nitrogen and oxygen atoms in total. The molecule has 3 fully saturated rings. The summed E-state index contributed by atoms with van der Waals surface area (Å²) in [6.45, 7) is 3.59. The number of phenols is 1. The molecule has 9 rings (SSSR count). The Morgan fingerprint density at radius 2 is 1.74 bits per heavy atom. The van der Waals surface area contributed by atoms with Gasteiger partial charge in [-0.15, -0.1) is 11.3 Å². The smallest absolute Gasteiger partial charge is 0.305 e. The van der Waals surface area contributed by atoms with Crippen molar-refractivity contribution in [2.75, 3.05) is 11.4 Å². The first kappa shape index (κ1) is 34.4. The van der Waals surface area contributed by atoms with Crippen LogP contribution in [0.4, 0.5) is 5.82 Å². The molecule has 4 heterocycles. The van der Waals surface area contributed by atoms with Gasteiger partial charge < -0.3 is 10.2 Å². The number of aromatic hydroxyl groups is 1. The van der Waals surface area contributed by atoms with Gasteiger partial charge >= 0.3 is 5.97 Å². The van der Waals surface area contributed by atoms with Crippen LogP contribution < -0.4 is 4.90 Å². The number of halogens is 1. The quantitative estimate of drug-likeness (QED) is 0.141. The Hall–Kier alpha value is -5.33. The lowest BCUT2D eigenvalue weighted by Gasteiger charge is -2.49. The van der Waals surface area contributed by atoms with Gasteiger partial charge in [0.15, 0.2) is 0 Å². The number of anilines is 1. The van der Waals surface area contributed by atoms with E-state index in [-0.39, 0.29) is 31.6 Å². The van der Waals surface area contributed by atoms with Crippen molar-refractivity contribution in [2.24, 2.45) is 36.1 Å². The Balaban J connectivity index is 1.18. The maximum Gasteiger partial charge on any atom is 0.305 e. The summed E-state index contributed by atoms with van der Waals surface area (Å²) in [5.41, 5.74) is 1.83. The molecule has 2 aliphatic carbocycles. The monoisotopic (exact) mass is 762 g/mol. The number of fused-ring (bicyclic) bond motifs is 6. The number of aliphatic carboxylic acids is 1. The summed E-state index contributed by atoms with van der Waals surface area (Å²) in [5.74, 6) is -5.98. The van der Waals surface area contributed by atoms with Gasteiger partial charge in [0.05, 0.1) is 34.5 Å². The molecule has 274 valence electrons. The topological polar surface area (TPSA) is 150 Å². The number of benzene rings is 3. The van der Waals surface area contributed by atoms with Crippen molar-refractivity contribution in [3.8, 4) is 16.3 Å². The molecule has 0 bridgehead atoms. The van der Waals surface area contributed by atoms with Crippen LogP contribution in [0.1, 0.15) is 43.2 Å². The average Bonchev–Trinajstić information content (AvgIpc) is 3.81. The first-order chi connectivity index (χ1) is 25.8. The molecule has 13 heteroatoms. The van der Waals surface area contributed by atoms with Crippen LogP contribution in [-0.4, -0.2) is 61.0 Å². The second kappa shape index (κ2) is 12.1. The number of rotatable bonds is 6. The number of allylic oxidation sites excluding steroid dienone is 2. The van der Waals surface area contributed by atoms with Crippen LogP contribution in [0.5, 0.6) is 5.75 Å². The van der Waals surface area contributed by atoms with Crippen LogP contribution in [-0.2, 0) is 31.0 Å². The summed E-state index contributed by atoms with van der Waals surface area (Å²) >= 11 is 7.87. The summed E-state index contributed by atoms with van der Waals surface area (Å²) in [6, 6.07) is 18.2. The van der Waals surface area contributed by atoms with Crippen molar-refractivity contribution in [1.82, 2.24) is 14.7 Å². The number of carboxylic acid groups (broad SMARTS) is 1. The fourth-order valence-electron chi connectivity index (χ4n) is 9.84. The molecule has 0 spiro atoms. The predicted octanol–water partition coefficient (Wildman–Crippen LogP) is 6.83. The fourth-order valence-corrected chi connectivity index (χ4v) is 11.2. The number of imide groups is 2. The van der Waals surface area contributed by atoms with Gasteiger partial charge in [-0.05, 0) is 78.8 Å². The van der Waals surface area contributed by atoms with Gasteiger partial charge in [0.2, 0.25) is 23.6 Å². The summed E-state index contributed by atoms with van der Waals surface area (Å²) < 4.78 is 2.58. The fraction of sp³-hybridized carbons (Fsp3) is 0.317. The van der Waals surface area contributed by atoms with E-state index in [0.717, 1.165) is 36.6 Å². The highest BCUT2D eigenvalue weighted by Crippen LogP contribution is 2.64. The standard InChI is InChI=1S/C41H35ClN4O7S/c1-19-26-16-20(42)8-13-31(26)54-36(19)29-18-32(44(3)43-29)46-38(51)28-17-27-24(9-10-25-34(27)39(52)45(37(25)50)15-14-33(48)49)35(41(28,2)40(46)53)23-11-12-30(47)22-7-5-4-6-21(22)23/h4-9,11-13,16,18,25,27-28,34-35,47H,10,14-15,17H2,1-3H3,(H,48,49). The third-order valence-electron chi connectivity index (χ3n) is 12.4. The first-order valence-electron chi connectivity index (χ1n) is 17.9. The highest BCUT2D eigenvalue weighted by Gasteiger charge is 2.68. The molecule has 5 aromatic rings. The number of nitrogens with zero attached hydrogens (tertiary/aromatic N) is 4. The molecule has 6 unspecified atom stereocenters. The number of carbonyl (C=O) groups is 5. The van der Waals surface area contributed by atoms with Crippen molar-refractivity contribution < 1.29 is 34.2 Å². The zero-order valence-electron chi connectivity index (χ0n) is 29.6. The van der Waals surface area contributed by atoms with Crippen molar-refractivity contribution in [3.05, 3.63) is 88.5 Å². The molecule has 2 aromatic heterocycles. The van der Waals surface area contributed by atoms with Gasteiger partial charge in [0, 0.05) is 40.7 Å².